The molecule has 0 radical (unpaired) electrons. The van der Waals surface area contributed by atoms with Crippen LogP contribution in [-0.2, 0) is 11.2 Å². The van der Waals surface area contributed by atoms with Gasteiger partial charge >= 0.3 is 6.09 Å². The normalized spacial score (nSPS) is 11.9. The second-order valence-corrected chi connectivity index (χ2v) is 8.27. The lowest BCUT2D eigenvalue weighted by Gasteiger charge is -2.28. The van der Waals surface area contributed by atoms with Crippen molar-refractivity contribution in [3.63, 3.8) is 0 Å². The van der Waals surface area contributed by atoms with Gasteiger partial charge in [-0.2, -0.15) is 0 Å². The molecule has 0 bridgehead atoms. The fourth-order valence-electron chi connectivity index (χ4n) is 2.06. The van der Waals surface area contributed by atoms with Crippen LogP contribution < -0.4 is 4.90 Å². The second-order valence-electron chi connectivity index (χ2n) is 7.88. The Kier molecular flexibility index (Phi) is 7.46. The molecule has 1 aromatic rings. The first-order chi connectivity index (χ1) is 11.0. The van der Waals surface area contributed by atoms with Gasteiger partial charge in [-0.1, -0.05) is 39.3 Å². The number of aromatic nitrogens is 2. The first-order valence-electron chi connectivity index (χ1n) is 8.52. The molecule has 1 aromatic heterocycles. The van der Waals surface area contributed by atoms with Crippen molar-refractivity contribution in [2.24, 2.45) is 11.8 Å². The lowest BCUT2D eigenvalue weighted by atomic mass is 10.1. The van der Waals surface area contributed by atoms with Crippen molar-refractivity contribution in [2.75, 3.05) is 11.4 Å². The molecule has 5 nitrogen and oxygen atoms in total. The van der Waals surface area contributed by atoms with Gasteiger partial charge in [0, 0.05) is 19.0 Å². The third kappa shape index (κ3) is 7.47. The van der Waals surface area contributed by atoms with Crippen LogP contribution in [0.2, 0.25) is 5.15 Å². The summed E-state index contributed by atoms with van der Waals surface area (Å²) in [5.41, 5.74) is -0.566. The zero-order chi connectivity index (χ0) is 18.5. The number of carbonyl (C=O) groups is 1. The van der Waals surface area contributed by atoms with E-state index in [0.717, 1.165) is 12.8 Å². The van der Waals surface area contributed by atoms with Crippen LogP contribution in [0.4, 0.5) is 10.6 Å². The highest BCUT2D eigenvalue weighted by atomic mass is 35.5. The molecular formula is C18H30ClN3O2. The van der Waals surface area contributed by atoms with E-state index in [9.17, 15) is 4.79 Å². The number of rotatable bonds is 6. The maximum absolute atomic E-state index is 12.6. The average Bonchev–Trinajstić information content (AvgIpc) is 2.39. The van der Waals surface area contributed by atoms with Crippen LogP contribution in [-0.4, -0.2) is 28.2 Å². The standard InChI is InChI=1S/C18H30ClN3O2/c1-12(2)8-9-15-20-14(19)10-16(21-15)22(11-13(3)4)17(23)24-18(5,6)7/h10,12-13H,8-9,11H2,1-7H3. The highest BCUT2D eigenvalue weighted by Gasteiger charge is 2.25. The quantitative estimate of drug-likeness (QED) is 0.665. The molecular weight excluding hydrogens is 326 g/mol. The van der Waals surface area contributed by atoms with Crippen molar-refractivity contribution in [2.45, 2.75) is 66.9 Å². The predicted octanol–water partition coefficient (Wildman–Crippen LogP) is 5.12. The number of carbonyl (C=O) groups excluding carboxylic acids is 1. The largest absolute Gasteiger partial charge is 0.443 e. The minimum absolute atomic E-state index is 0.269. The highest BCUT2D eigenvalue weighted by Crippen LogP contribution is 2.21. The Labute approximate surface area is 150 Å². The molecule has 6 heteroatoms. The van der Waals surface area contributed by atoms with Crippen molar-refractivity contribution in [1.29, 1.82) is 0 Å². The highest BCUT2D eigenvalue weighted by molar-refractivity contribution is 6.29. The molecule has 0 saturated heterocycles. The number of halogens is 1. The number of aryl methyl sites for hydroxylation is 1. The lowest BCUT2D eigenvalue weighted by Crippen LogP contribution is -2.39. The van der Waals surface area contributed by atoms with E-state index in [1.165, 1.54) is 0 Å². The van der Waals surface area contributed by atoms with Gasteiger partial charge in [0.05, 0.1) is 0 Å². The minimum Gasteiger partial charge on any atom is -0.443 e. The van der Waals surface area contributed by atoms with E-state index < -0.39 is 11.7 Å². The van der Waals surface area contributed by atoms with Gasteiger partial charge in [-0.15, -0.1) is 0 Å². The van der Waals surface area contributed by atoms with Gasteiger partial charge in [-0.3, -0.25) is 4.90 Å². The molecule has 0 unspecified atom stereocenters. The molecule has 0 aliphatic rings. The third-order valence-corrected chi connectivity index (χ3v) is 3.30. The van der Waals surface area contributed by atoms with Gasteiger partial charge in [0.1, 0.15) is 22.4 Å². The van der Waals surface area contributed by atoms with Gasteiger partial charge < -0.3 is 4.74 Å². The summed E-state index contributed by atoms with van der Waals surface area (Å²) in [6, 6.07) is 1.62. The van der Waals surface area contributed by atoms with Crippen LogP contribution in [0, 0.1) is 11.8 Å². The molecule has 0 saturated carbocycles. The Hall–Kier alpha value is -1.36. The topological polar surface area (TPSA) is 55.3 Å². The smallest absolute Gasteiger partial charge is 0.416 e. The zero-order valence-electron chi connectivity index (χ0n) is 15.9. The summed E-state index contributed by atoms with van der Waals surface area (Å²) in [5, 5.41) is 0.344. The molecule has 1 rings (SSSR count). The molecule has 0 atom stereocenters. The Balaban J connectivity index is 3.10. The summed E-state index contributed by atoms with van der Waals surface area (Å²) < 4.78 is 5.52. The molecule has 1 amide bonds. The number of ether oxygens (including phenoxy) is 1. The van der Waals surface area contributed by atoms with Crippen LogP contribution in [0.25, 0.3) is 0 Å². The Morgan fingerprint density at radius 3 is 2.33 bits per heavy atom. The monoisotopic (exact) mass is 355 g/mol. The van der Waals surface area contributed by atoms with Gasteiger partial charge in [-0.05, 0) is 39.0 Å². The van der Waals surface area contributed by atoms with Crippen LogP contribution in [0.5, 0.6) is 0 Å². The molecule has 136 valence electrons. The molecule has 0 aliphatic carbocycles. The molecule has 24 heavy (non-hydrogen) atoms. The maximum atomic E-state index is 12.6. The number of nitrogens with zero attached hydrogens (tertiary/aromatic N) is 3. The summed E-state index contributed by atoms with van der Waals surface area (Å²) in [4.78, 5) is 22.9. The van der Waals surface area contributed by atoms with Crippen LogP contribution in [0.15, 0.2) is 6.07 Å². The maximum Gasteiger partial charge on any atom is 0.416 e. The van der Waals surface area contributed by atoms with E-state index in [1.807, 2.05) is 34.6 Å². The number of amides is 1. The summed E-state index contributed by atoms with van der Waals surface area (Å²) in [6.45, 7) is 14.4. The summed E-state index contributed by atoms with van der Waals surface area (Å²) >= 11 is 6.15. The van der Waals surface area contributed by atoms with Crippen molar-refractivity contribution in [3.05, 3.63) is 17.0 Å². The Morgan fingerprint density at radius 1 is 1.21 bits per heavy atom. The van der Waals surface area contributed by atoms with E-state index in [0.29, 0.717) is 29.3 Å². The van der Waals surface area contributed by atoms with Gasteiger partial charge in [0.15, 0.2) is 0 Å². The Morgan fingerprint density at radius 2 is 1.83 bits per heavy atom. The fourth-order valence-corrected chi connectivity index (χ4v) is 2.26. The van der Waals surface area contributed by atoms with Gasteiger partial charge in [0.25, 0.3) is 0 Å². The molecule has 0 N–H and O–H groups in total. The Bertz CT molecular complexity index is 554. The molecule has 0 aliphatic heterocycles. The number of anilines is 1. The molecule has 0 aromatic carbocycles. The van der Waals surface area contributed by atoms with Gasteiger partial charge in [-0.25, -0.2) is 14.8 Å². The first-order valence-corrected chi connectivity index (χ1v) is 8.89. The first kappa shape index (κ1) is 20.7. The van der Waals surface area contributed by atoms with Crippen molar-refractivity contribution in [3.8, 4) is 0 Å². The van der Waals surface area contributed by atoms with E-state index in [2.05, 4.69) is 23.8 Å². The SMILES string of the molecule is CC(C)CCc1nc(Cl)cc(N(CC(C)C)C(=O)OC(C)(C)C)n1. The van der Waals surface area contributed by atoms with Crippen LogP contribution in [0.1, 0.15) is 60.7 Å². The van der Waals surface area contributed by atoms with E-state index in [4.69, 9.17) is 16.3 Å². The summed E-state index contributed by atoms with van der Waals surface area (Å²) in [7, 11) is 0. The van der Waals surface area contributed by atoms with Crippen molar-refractivity contribution in [1.82, 2.24) is 9.97 Å². The van der Waals surface area contributed by atoms with Crippen molar-refractivity contribution < 1.29 is 9.53 Å². The zero-order valence-corrected chi connectivity index (χ0v) is 16.6. The van der Waals surface area contributed by atoms with Crippen LogP contribution >= 0.6 is 11.6 Å². The minimum atomic E-state index is -0.566. The van der Waals surface area contributed by atoms with Crippen molar-refractivity contribution >= 4 is 23.5 Å². The molecule has 1 heterocycles. The molecule has 0 spiro atoms. The summed E-state index contributed by atoms with van der Waals surface area (Å²) in [5.74, 6) is 1.97. The predicted molar refractivity (Wildman–Crippen MR) is 98.6 cm³/mol. The van der Waals surface area contributed by atoms with E-state index in [-0.39, 0.29) is 5.92 Å². The number of hydrogen-bond acceptors (Lipinski definition) is 4. The fraction of sp³-hybridized carbons (Fsp3) is 0.722. The second kappa shape index (κ2) is 8.65. The molecule has 0 fully saturated rings. The van der Waals surface area contributed by atoms with Crippen LogP contribution in [0.3, 0.4) is 0 Å². The number of hydrogen-bond donors (Lipinski definition) is 0. The lowest BCUT2D eigenvalue weighted by molar-refractivity contribution is 0.0575. The third-order valence-electron chi connectivity index (χ3n) is 3.11. The summed E-state index contributed by atoms with van der Waals surface area (Å²) in [6.07, 6.45) is 1.28. The van der Waals surface area contributed by atoms with Gasteiger partial charge in [0.2, 0.25) is 0 Å². The van der Waals surface area contributed by atoms with E-state index >= 15 is 0 Å². The average molecular weight is 356 g/mol. The van der Waals surface area contributed by atoms with E-state index in [1.54, 1.807) is 11.0 Å².